The highest BCUT2D eigenvalue weighted by atomic mass is 35.5. The number of carbonyl (C=O) groups excluding carboxylic acids is 2. The molecule has 4 aromatic rings. The summed E-state index contributed by atoms with van der Waals surface area (Å²) in [6, 6.07) is 4.33. The van der Waals surface area contributed by atoms with Crippen molar-refractivity contribution in [2.24, 2.45) is 18.7 Å². The van der Waals surface area contributed by atoms with Crippen LogP contribution in [0.5, 0.6) is 5.75 Å². The predicted octanol–water partition coefficient (Wildman–Crippen LogP) is 3.61. The molecule has 236 valence electrons. The quantitative estimate of drug-likeness (QED) is 0.243. The van der Waals surface area contributed by atoms with E-state index in [1.165, 1.54) is 53.7 Å². The summed E-state index contributed by atoms with van der Waals surface area (Å²) in [6.07, 6.45) is 5.37. The van der Waals surface area contributed by atoms with E-state index in [4.69, 9.17) is 28.9 Å². The van der Waals surface area contributed by atoms with Crippen LogP contribution in [0.3, 0.4) is 0 Å². The first kappa shape index (κ1) is 30.8. The van der Waals surface area contributed by atoms with Gasteiger partial charge in [0.2, 0.25) is 11.9 Å². The van der Waals surface area contributed by atoms with Crippen LogP contribution in [0.25, 0.3) is 22.2 Å². The molecule has 1 saturated heterocycles. The van der Waals surface area contributed by atoms with Gasteiger partial charge in [0.15, 0.2) is 0 Å². The normalized spacial score (nSPS) is 17.2. The first-order chi connectivity index (χ1) is 21.4. The summed E-state index contributed by atoms with van der Waals surface area (Å²) in [5.41, 5.74) is 5.61. The Hall–Kier alpha value is -4.20. The molecule has 0 spiro atoms. The summed E-state index contributed by atoms with van der Waals surface area (Å²) >= 11 is 12.4. The number of benzene rings is 1. The molecule has 15 heteroatoms. The van der Waals surface area contributed by atoms with Crippen molar-refractivity contribution >= 4 is 57.6 Å². The molecule has 12 nitrogen and oxygen atoms in total. The number of aromatic hydroxyl groups is 1. The molecule has 2 aliphatic rings. The predicted molar refractivity (Wildman–Crippen MR) is 169 cm³/mol. The van der Waals surface area contributed by atoms with Crippen molar-refractivity contribution in [3.63, 3.8) is 0 Å². The molecule has 1 saturated carbocycles. The minimum atomic E-state index is -0.916. The van der Waals surface area contributed by atoms with Crippen LogP contribution in [0.2, 0.25) is 10.0 Å². The number of amides is 2. The zero-order valence-electron chi connectivity index (χ0n) is 24.6. The van der Waals surface area contributed by atoms with E-state index in [1.807, 2.05) is 4.90 Å². The number of carbonyl (C=O) groups is 2. The van der Waals surface area contributed by atoms with Gasteiger partial charge in [-0.2, -0.15) is 4.39 Å². The fraction of sp³-hybridized carbons (Fsp3) is 0.367. The Labute approximate surface area is 267 Å². The van der Waals surface area contributed by atoms with Crippen LogP contribution in [0.1, 0.15) is 30.1 Å². The first-order valence-corrected chi connectivity index (χ1v) is 15.2. The Balaban J connectivity index is 1.29. The second-order valence-corrected chi connectivity index (χ2v) is 12.5. The number of hydrogen-bond acceptors (Lipinski definition) is 8. The topological polar surface area (TPSA) is 152 Å². The minimum Gasteiger partial charge on any atom is -0.506 e. The summed E-state index contributed by atoms with van der Waals surface area (Å²) in [5, 5.41) is 12.6. The molecule has 1 aliphatic carbocycles. The molecule has 4 N–H and O–H groups in total. The van der Waals surface area contributed by atoms with Gasteiger partial charge in [0.05, 0.1) is 28.0 Å². The number of aromatic nitrogens is 4. The third-order valence-corrected chi connectivity index (χ3v) is 8.94. The number of nitrogens with zero attached hydrogens (tertiary/aromatic N) is 6. The summed E-state index contributed by atoms with van der Waals surface area (Å²) in [6.45, 7) is 5.13. The Bertz CT molecular complexity index is 1910. The number of pyridine rings is 1. The van der Waals surface area contributed by atoms with Gasteiger partial charge in [-0.15, -0.1) is 0 Å². The standard InChI is InChI=1S/C30H31Cl2FN8O4/c1-15-10-39(11-16-3-4-16)5-6-41(15)22-9-21(25(32)27(33)37-22)36-23(42)13-40-12-19(24-29(40)35-14-38(2)30(24)45)17-7-18(28(34)44)26(43)20(31)8-17/h7-9,12,14-16,43H,3-6,10-11,13H2,1-2H3,(H2,34,44)(H,36,37,42)/t15-/m0/s1. The van der Waals surface area contributed by atoms with E-state index < -0.39 is 29.1 Å². The SMILES string of the molecule is C[C@H]1CN(CC2CC2)CCN1c1cc(NC(=O)Cn2cc(-c3cc(Cl)c(O)c(C(N)=O)c3)c3c(=O)n(C)cnc32)c(Cl)c(F)n1. The van der Waals surface area contributed by atoms with Crippen molar-refractivity contribution in [2.45, 2.75) is 32.4 Å². The van der Waals surface area contributed by atoms with E-state index in [0.717, 1.165) is 25.6 Å². The van der Waals surface area contributed by atoms with Crippen molar-refractivity contribution in [3.8, 4) is 16.9 Å². The van der Waals surface area contributed by atoms with Crippen LogP contribution in [-0.4, -0.2) is 73.1 Å². The molecule has 1 atom stereocenters. The molecule has 1 aliphatic heterocycles. The Morgan fingerprint density at radius 3 is 2.64 bits per heavy atom. The Morgan fingerprint density at radius 2 is 1.96 bits per heavy atom. The van der Waals surface area contributed by atoms with Gasteiger partial charge in [0, 0.05) is 57.1 Å². The van der Waals surface area contributed by atoms with Gasteiger partial charge in [-0.05, 0) is 43.4 Å². The molecule has 4 heterocycles. The number of halogens is 3. The average Bonchev–Trinajstić information content (AvgIpc) is 3.73. The molecule has 45 heavy (non-hydrogen) atoms. The maximum atomic E-state index is 14.9. The number of nitrogens with two attached hydrogens (primary N) is 1. The molecular weight excluding hydrogens is 626 g/mol. The maximum absolute atomic E-state index is 14.9. The largest absolute Gasteiger partial charge is 0.506 e. The van der Waals surface area contributed by atoms with Crippen LogP contribution in [0.4, 0.5) is 15.9 Å². The fourth-order valence-corrected chi connectivity index (χ4v) is 6.18. The van der Waals surface area contributed by atoms with Crippen LogP contribution < -0.4 is 21.5 Å². The smallest absolute Gasteiger partial charge is 0.263 e. The number of piperazine rings is 1. The number of nitrogens with one attached hydrogen (secondary N) is 1. The molecule has 0 radical (unpaired) electrons. The van der Waals surface area contributed by atoms with Gasteiger partial charge in [-0.3, -0.25) is 19.3 Å². The molecule has 2 amide bonds. The van der Waals surface area contributed by atoms with E-state index in [-0.39, 0.29) is 44.9 Å². The number of fused-ring (bicyclic) bond motifs is 1. The highest BCUT2D eigenvalue weighted by molar-refractivity contribution is 6.34. The number of aryl methyl sites for hydroxylation is 1. The highest BCUT2D eigenvalue weighted by Crippen LogP contribution is 2.36. The van der Waals surface area contributed by atoms with E-state index in [2.05, 4.69) is 27.1 Å². The zero-order chi connectivity index (χ0) is 32.2. The molecule has 2 fully saturated rings. The molecule has 0 unspecified atom stereocenters. The van der Waals surface area contributed by atoms with Gasteiger partial charge in [-0.1, -0.05) is 23.2 Å². The lowest BCUT2D eigenvalue weighted by Gasteiger charge is -2.40. The van der Waals surface area contributed by atoms with Crippen LogP contribution >= 0.6 is 23.2 Å². The highest BCUT2D eigenvalue weighted by Gasteiger charge is 2.31. The minimum absolute atomic E-state index is 0.0637. The van der Waals surface area contributed by atoms with Crippen LogP contribution in [0, 0.1) is 11.9 Å². The number of primary amides is 1. The second-order valence-electron chi connectivity index (χ2n) is 11.7. The van der Waals surface area contributed by atoms with Gasteiger partial charge in [-0.25, -0.2) is 9.97 Å². The molecular formula is C30H31Cl2FN8O4. The number of anilines is 2. The van der Waals surface area contributed by atoms with Crippen molar-refractivity contribution < 1.29 is 19.1 Å². The zero-order valence-corrected chi connectivity index (χ0v) is 26.1. The van der Waals surface area contributed by atoms with Crippen LogP contribution in [-0.2, 0) is 18.4 Å². The summed E-state index contributed by atoms with van der Waals surface area (Å²) in [7, 11) is 1.52. The van der Waals surface area contributed by atoms with Crippen molar-refractivity contribution in [3.05, 3.63) is 62.6 Å². The third-order valence-electron chi connectivity index (χ3n) is 8.29. The van der Waals surface area contributed by atoms with Crippen LogP contribution in [0.15, 0.2) is 35.5 Å². The van der Waals surface area contributed by atoms with E-state index in [9.17, 15) is 23.9 Å². The number of hydrogen-bond donors (Lipinski definition) is 3. The summed E-state index contributed by atoms with van der Waals surface area (Å²) in [5.74, 6) is -1.72. The van der Waals surface area contributed by atoms with E-state index in [0.29, 0.717) is 23.5 Å². The Morgan fingerprint density at radius 1 is 1.20 bits per heavy atom. The fourth-order valence-electron chi connectivity index (χ4n) is 5.82. The van der Waals surface area contributed by atoms with Crippen molar-refractivity contribution in [1.82, 2.24) is 24.0 Å². The lowest BCUT2D eigenvalue weighted by atomic mass is 10.0. The summed E-state index contributed by atoms with van der Waals surface area (Å²) in [4.78, 5) is 51.4. The van der Waals surface area contributed by atoms with Crippen molar-refractivity contribution in [2.75, 3.05) is 36.4 Å². The molecule has 6 rings (SSSR count). The monoisotopic (exact) mass is 656 g/mol. The van der Waals surface area contributed by atoms with Gasteiger partial charge >= 0.3 is 0 Å². The number of phenols is 1. The molecule has 0 bridgehead atoms. The van der Waals surface area contributed by atoms with Gasteiger partial charge < -0.3 is 30.2 Å². The third kappa shape index (κ3) is 6.07. The second kappa shape index (κ2) is 12.0. The van der Waals surface area contributed by atoms with E-state index >= 15 is 0 Å². The average molecular weight is 658 g/mol. The lowest BCUT2D eigenvalue weighted by Crippen LogP contribution is -2.52. The van der Waals surface area contributed by atoms with Gasteiger partial charge in [0.25, 0.3) is 11.5 Å². The van der Waals surface area contributed by atoms with E-state index in [1.54, 1.807) is 6.07 Å². The molecule has 1 aromatic carbocycles. The van der Waals surface area contributed by atoms with Crippen molar-refractivity contribution in [1.29, 1.82) is 0 Å². The molecule has 3 aromatic heterocycles. The number of rotatable bonds is 8. The Kier molecular flexibility index (Phi) is 8.18. The lowest BCUT2D eigenvalue weighted by molar-refractivity contribution is -0.116. The first-order valence-electron chi connectivity index (χ1n) is 14.4. The maximum Gasteiger partial charge on any atom is 0.263 e. The summed E-state index contributed by atoms with van der Waals surface area (Å²) < 4.78 is 17.7. The van der Waals surface area contributed by atoms with Gasteiger partial charge in [0.1, 0.15) is 28.8 Å².